The standard InChI is InChI=1S/C17H19FN2O4S/c1-12(11-24-2)19-17(21)13-7-9-14(10-8-13)25(22,23)20-16-6-4-3-5-15(16)18/h3-10,12,20H,11H2,1-2H3,(H,19,21)/t12-/m0/s1. The highest BCUT2D eigenvalue weighted by molar-refractivity contribution is 7.92. The molecule has 0 spiro atoms. The summed E-state index contributed by atoms with van der Waals surface area (Å²) in [6.07, 6.45) is 0. The zero-order valence-corrected chi connectivity index (χ0v) is 14.6. The van der Waals surface area contributed by atoms with E-state index in [0.717, 1.165) is 6.07 Å². The molecule has 0 fully saturated rings. The van der Waals surface area contributed by atoms with Gasteiger partial charge in [-0.3, -0.25) is 9.52 Å². The fourth-order valence-corrected chi connectivity index (χ4v) is 3.20. The summed E-state index contributed by atoms with van der Waals surface area (Å²) in [5.41, 5.74) is 0.172. The number of rotatable bonds is 7. The highest BCUT2D eigenvalue weighted by atomic mass is 32.2. The van der Waals surface area contributed by atoms with Crippen LogP contribution in [-0.2, 0) is 14.8 Å². The maximum absolute atomic E-state index is 13.6. The van der Waals surface area contributed by atoms with Gasteiger partial charge in [0.05, 0.1) is 17.2 Å². The number of sulfonamides is 1. The number of ether oxygens (including phenoxy) is 1. The molecule has 0 bridgehead atoms. The van der Waals surface area contributed by atoms with Gasteiger partial charge in [-0.05, 0) is 43.3 Å². The SMILES string of the molecule is COC[C@H](C)NC(=O)c1ccc(S(=O)(=O)Nc2ccccc2F)cc1. The van der Waals surface area contributed by atoms with Crippen molar-refractivity contribution in [2.24, 2.45) is 0 Å². The van der Waals surface area contributed by atoms with Gasteiger partial charge in [0.2, 0.25) is 0 Å². The second kappa shape index (κ2) is 8.09. The molecular formula is C17H19FN2O4S. The number of methoxy groups -OCH3 is 1. The topological polar surface area (TPSA) is 84.5 Å². The minimum Gasteiger partial charge on any atom is -0.383 e. The van der Waals surface area contributed by atoms with E-state index >= 15 is 0 Å². The summed E-state index contributed by atoms with van der Waals surface area (Å²) in [5.74, 6) is -1.01. The molecule has 2 aromatic rings. The third-order valence-corrected chi connectivity index (χ3v) is 4.72. The van der Waals surface area contributed by atoms with E-state index < -0.39 is 15.8 Å². The lowest BCUT2D eigenvalue weighted by atomic mass is 10.2. The molecule has 0 saturated carbocycles. The van der Waals surface area contributed by atoms with E-state index in [1.54, 1.807) is 6.92 Å². The van der Waals surface area contributed by atoms with Crippen molar-refractivity contribution in [2.45, 2.75) is 17.9 Å². The number of benzene rings is 2. The molecule has 6 nitrogen and oxygen atoms in total. The number of carbonyl (C=O) groups is 1. The van der Waals surface area contributed by atoms with Gasteiger partial charge in [-0.1, -0.05) is 12.1 Å². The summed E-state index contributed by atoms with van der Waals surface area (Å²) in [7, 11) is -2.42. The van der Waals surface area contributed by atoms with Crippen LogP contribution >= 0.6 is 0 Å². The van der Waals surface area contributed by atoms with Crippen LogP contribution in [0.2, 0.25) is 0 Å². The summed E-state index contributed by atoms with van der Waals surface area (Å²) in [5, 5.41) is 2.72. The molecule has 1 amide bonds. The van der Waals surface area contributed by atoms with Crippen molar-refractivity contribution in [1.29, 1.82) is 0 Å². The van der Waals surface area contributed by atoms with Gasteiger partial charge < -0.3 is 10.1 Å². The van der Waals surface area contributed by atoms with Crippen molar-refractivity contribution in [3.05, 3.63) is 59.9 Å². The molecule has 2 N–H and O–H groups in total. The van der Waals surface area contributed by atoms with Crippen molar-refractivity contribution in [3.8, 4) is 0 Å². The average molecular weight is 366 g/mol. The highest BCUT2D eigenvalue weighted by Crippen LogP contribution is 2.19. The summed E-state index contributed by atoms with van der Waals surface area (Å²) in [6, 6.07) is 10.7. The van der Waals surface area contributed by atoms with Crippen molar-refractivity contribution in [3.63, 3.8) is 0 Å². The van der Waals surface area contributed by atoms with Gasteiger partial charge >= 0.3 is 0 Å². The number of amides is 1. The normalized spacial score (nSPS) is 12.4. The van der Waals surface area contributed by atoms with Crippen LogP contribution in [0.1, 0.15) is 17.3 Å². The second-order valence-electron chi connectivity index (χ2n) is 5.44. The largest absolute Gasteiger partial charge is 0.383 e. The molecule has 0 saturated heterocycles. The van der Waals surface area contributed by atoms with Gasteiger partial charge in [0.15, 0.2) is 0 Å². The number of anilines is 1. The summed E-state index contributed by atoms with van der Waals surface area (Å²) < 4.78 is 45.3. The Hall–Kier alpha value is -2.45. The van der Waals surface area contributed by atoms with Crippen LogP contribution in [0.3, 0.4) is 0 Å². The summed E-state index contributed by atoms with van der Waals surface area (Å²) >= 11 is 0. The molecule has 25 heavy (non-hydrogen) atoms. The third-order valence-electron chi connectivity index (χ3n) is 3.34. The lowest BCUT2D eigenvalue weighted by Crippen LogP contribution is -2.35. The van der Waals surface area contributed by atoms with Crippen molar-refractivity contribution < 1.29 is 22.3 Å². The number of hydrogen-bond donors (Lipinski definition) is 2. The smallest absolute Gasteiger partial charge is 0.261 e. The van der Waals surface area contributed by atoms with Crippen LogP contribution in [0.25, 0.3) is 0 Å². The molecule has 0 aliphatic heterocycles. The van der Waals surface area contributed by atoms with E-state index in [1.165, 1.54) is 49.6 Å². The first-order valence-electron chi connectivity index (χ1n) is 7.50. The van der Waals surface area contributed by atoms with E-state index in [9.17, 15) is 17.6 Å². The van der Waals surface area contributed by atoms with Gasteiger partial charge in [-0.2, -0.15) is 0 Å². The Morgan fingerprint density at radius 2 is 1.80 bits per heavy atom. The van der Waals surface area contributed by atoms with E-state index in [0.29, 0.717) is 12.2 Å². The van der Waals surface area contributed by atoms with Crippen molar-refractivity contribution >= 4 is 21.6 Å². The van der Waals surface area contributed by atoms with E-state index in [4.69, 9.17) is 4.74 Å². The lowest BCUT2D eigenvalue weighted by molar-refractivity contribution is 0.0905. The molecule has 0 aromatic heterocycles. The maximum Gasteiger partial charge on any atom is 0.261 e. The molecule has 2 aromatic carbocycles. The highest BCUT2D eigenvalue weighted by Gasteiger charge is 2.17. The molecule has 8 heteroatoms. The van der Waals surface area contributed by atoms with E-state index in [-0.39, 0.29) is 22.5 Å². The minimum atomic E-state index is -3.95. The second-order valence-corrected chi connectivity index (χ2v) is 7.12. The van der Waals surface area contributed by atoms with Crippen LogP contribution in [0, 0.1) is 5.82 Å². The van der Waals surface area contributed by atoms with Crippen LogP contribution < -0.4 is 10.0 Å². The van der Waals surface area contributed by atoms with Gasteiger partial charge in [0.1, 0.15) is 5.82 Å². The predicted molar refractivity (Wildman–Crippen MR) is 92.5 cm³/mol. The molecule has 0 heterocycles. The van der Waals surface area contributed by atoms with Crippen molar-refractivity contribution in [2.75, 3.05) is 18.4 Å². The van der Waals surface area contributed by atoms with Crippen LogP contribution in [-0.4, -0.2) is 34.1 Å². The van der Waals surface area contributed by atoms with Gasteiger partial charge in [0.25, 0.3) is 15.9 Å². The number of halogens is 1. The Kier molecular flexibility index (Phi) is 6.11. The fraction of sp³-hybridized carbons (Fsp3) is 0.235. The molecule has 134 valence electrons. The Balaban J connectivity index is 2.13. The molecule has 0 aliphatic carbocycles. The summed E-state index contributed by atoms with van der Waals surface area (Å²) in [6.45, 7) is 2.16. The van der Waals surface area contributed by atoms with Crippen LogP contribution in [0.4, 0.5) is 10.1 Å². The number of carbonyl (C=O) groups excluding carboxylic acids is 1. The van der Waals surface area contributed by atoms with Gasteiger partial charge in [0, 0.05) is 18.7 Å². The molecular weight excluding hydrogens is 347 g/mol. The zero-order valence-electron chi connectivity index (χ0n) is 13.8. The van der Waals surface area contributed by atoms with Gasteiger partial charge in [-0.15, -0.1) is 0 Å². The first-order valence-corrected chi connectivity index (χ1v) is 8.99. The van der Waals surface area contributed by atoms with Crippen LogP contribution in [0.5, 0.6) is 0 Å². The van der Waals surface area contributed by atoms with Crippen LogP contribution in [0.15, 0.2) is 53.4 Å². The Bertz CT molecular complexity index is 838. The predicted octanol–water partition coefficient (Wildman–Crippen LogP) is 2.39. The molecule has 0 radical (unpaired) electrons. The molecule has 0 unspecified atom stereocenters. The quantitative estimate of drug-likeness (QED) is 0.788. The van der Waals surface area contributed by atoms with Crippen molar-refractivity contribution in [1.82, 2.24) is 5.32 Å². The molecule has 0 aliphatic rings. The lowest BCUT2D eigenvalue weighted by Gasteiger charge is -2.13. The Morgan fingerprint density at radius 3 is 2.40 bits per heavy atom. The fourth-order valence-electron chi connectivity index (χ4n) is 2.13. The number of hydrogen-bond acceptors (Lipinski definition) is 4. The van der Waals surface area contributed by atoms with E-state index in [2.05, 4.69) is 10.0 Å². The monoisotopic (exact) mass is 366 g/mol. The first-order chi connectivity index (χ1) is 11.8. The van der Waals surface area contributed by atoms with Gasteiger partial charge in [-0.25, -0.2) is 12.8 Å². The summed E-state index contributed by atoms with van der Waals surface area (Å²) in [4.78, 5) is 12.0. The third kappa shape index (κ3) is 5.01. The van der Waals surface area contributed by atoms with E-state index in [1.807, 2.05) is 0 Å². The Morgan fingerprint density at radius 1 is 1.16 bits per heavy atom. The molecule has 1 atom stereocenters. The average Bonchev–Trinajstić information content (AvgIpc) is 2.57. The first kappa shape index (κ1) is 18.9. The Labute approximate surface area is 146 Å². The number of para-hydroxylation sites is 1. The molecule has 2 rings (SSSR count). The number of nitrogens with one attached hydrogen (secondary N) is 2. The minimum absolute atomic E-state index is 0.0720. The maximum atomic E-state index is 13.6. The zero-order chi connectivity index (χ0) is 18.4.